The van der Waals surface area contributed by atoms with Gasteiger partial charge in [0.2, 0.25) is 0 Å². The molecule has 3 N–H and O–H groups in total. The Morgan fingerprint density at radius 1 is 1.37 bits per heavy atom. The number of benzene rings is 1. The van der Waals surface area contributed by atoms with Gasteiger partial charge < -0.3 is 19.9 Å². The predicted molar refractivity (Wildman–Crippen MR) is 69.9 cm³/mol. The summed E-state index contributed by atoms with van der Waals surface area (Å²) in [6.45, 7) is -0.247. The molecular weight excluding hydrogens is 246 g/mol. The molecule has 100 valence electrons. The zero-order chi connectivity index (χ0) is 13.4. The highest BCUT2D eigenvalue weighted by atomic mass is 16.5. The van der Waals surface area contributed by atoms with Crippen molar-refractivity contribution in [3.8, 4) is 0 Å². The van der Waals surface area contributed by atoms with Gasteiger partial charge in [-0.25, -0.2) is 0 Å². The van der Waals surface area contributed by atoms with Gasteiger partial charge in [-0.1, -0.05) is 18.2 Å². The maximum Gasteiger partial charge on any atom is 0.254 e. The van der Waals surface area contributed by atoms with E-state index in [0.717, 1.165) is 10.9 Å². The quantitative estimate of drug-likeness (QED) is 0.743. The first kappa shape index (κ1) is 12.3. The van der Waals surface area contributed by atoms with Gasteiger partial charge in [0, 0.05) is 17.5 Å². The third kappa shape index (κ3) is 2.16. The maximum absolute atomic E-state index is 12.0. The SMILES string of the molecule is O=c1[nH]c2ccccc2cc1[C@H]1C[C@H](O)[C@@H](CO)O1. The number of fused-ring (bicyclic) bond motifs is 1. The first-order chi connectivity index (χ1) is 9.19. The van der Waals surface area contributed by atoms with Crippen LogP contribution in [-0.4, -0.2) is 34.0 Å². The van der Waals surface area contributed by atoms with Gasteiger partial charge in [-0.15, -0.1) is 0 Å². The molecule has 5 nitrogen and oxygen atoms in total. The molecule has 1 saturated heterocycles. The minimum Gasteiger partial charge on any atom is -0.394 e. The smallest absolute Gasteiger partial charge is 0.254 e. The number of aromatic amines is 1. The fourth-order valence-electron chi connectivity index (χ4n) is 2.50. The van der Waals surface area contributed by atoms with Gasteiger partial charge in [0.15, 0.2) is 0 Å². The standard InChI is InChI=1S/C14H15NO4/c16-7-13-11(17)6-12(19-13)9-5-8-3-1-2-4-10(8)15-14(9)18/h1-5,11-13,16-17H,6-7H2,(H,15,18)/t11-,12+,13+/m0/s1. The number of H-pyrrole nitrogens is 1. The van der Waals surface area contributed by atoms with Crippen LogP contribution in [0.15, 0.2) is 35.1 Å². The van der Waals surface area contributed by atoms with Crippen molar-refractivity contribution >= 4 is 10.9 Å². The molecular formula is C14H15NO4. The molecule has 1 fully saturated rings. The molecule has 3 rings (SSSR count). The third-order valence-electron chi connectivity index (χ3n) is 3.53. The summed E-state index contributed by atoms with van der Waals surface area (Å²) in [7, 11) is 0. The van der Waals surface area contributed by atoms with E-state index in [4.69, 9.17) is 9.84 Å². The Kier molecular flexibility index (Phi) is 3.10. The highest BCUT2D eigenvalue weighted by Crippen LogP contribution is 2.31. The van der Waals surface area contributed by atoms with Gasteiger partial charge in [0.1, 0.15) is 6.10 Å². The van der Waals surface area contributed by atoms with Gasteiger partial charge >= 0.3 is 0 Å². The number of aromatic nitrogens is 1. The molecule has 0 bridgehead atoms. The van der Waals surface area contributed by atoms with E-state index in [1.54, 1.807) is 6.07 Å². The molecule has 1 aromatic carbocycles. The lowest BCUT2D eigenvalue weighted by Gasteiger charge is -2.12. The second-order valence-electron chi connectivity index (χ2n) is 4.79. The molecule has 5 heteroatoms. The first-order valence-electron chi connectivity index (χ1n) is 6.25. The van der Waals surface area contributed by atoms with Crippen LogP contribution in [0.5, 0.6) is 0 Å². The van der Waals surface area contributed by atoms with E-state index in [2.05, 4.69) is 4.98 Å². The Morgan fingerprint density at radius 2 is 2.16 bits per heavy atom. The molecule has 0 spiro atoms. The molecule has 2 heterocycles. The van der Waals surface area contributed by atoms with Gasteiger partial charge in [0.25, 0.3) is 5.56 Å². The van der Waals surface area contributed by atoms with Crippen molar-refractivity contribution in [1.82, 2.24) is 4.98 Å². The van der Waals surface area contributed by atoms with Crippen molar-refractivity contribution in [1.29, 1.82) is 0 Å². The molecule has 1 aliphatic heterocycles. The summed E-state index contributed by atoms with van der Waals surface area (Å²) >= 11 is 0. The summed E-state index contributed by atoms with van der Waals surface area (Å²) in [5.74, 6) is 0. The van der Waals surface area contributed by atoms with Crippen molar-refractivity contribution < 1.29 is 14.9 Å². The molecule has 2 aromatic rings. The molecule has 19 heavy (non-hydrogen) atoms. The molecule has 3 atom stereocenters. The van der Waals surface area contributed by atoms with E-state index in [1.807, 2.05) is 24.3 Å². The van der Waals surface area contributed by atoms with E-state index in [0.29, 0.717) is 12.0 Å². The predicted octanol–water partition coefficient (Wildman–Crippen LogP) is 0.711. The first-order valence-corrected chi connectivity index (χ1v) is 6.25. The fraction of sp³-hybridized carbons (Fsp3) is 0.357. The van der Waals surface area contributed by atoms with Crippen LogP contribution in [0.2, 0.25) is 0 Å². The van der Waals surface area contributed by atoms with Gasteiger partial charge in [-0.3, -0.25) is 4.79 Å². The number of aliphatic hydroxyl groups is 2. The second kappa shape index (κ2) is 4.77. The molecule has 1 aliphatic rings. The lowest BCUT2D eigenvalue weighted by molar-refractivity contribution is -0.0228. The third-order valence-corrected chi connectivity index (χ3v) is 3.53. The number of rotatable bonds is 2. The van der Waals surface area contributed by atoms with E-state index >= 15 is 0 Å². The summed E-state index contributed by atoms with van der Waals surface area (Å²) in [5, 5.41) is 19.7. The van der Waals surface area contributed by atoms with Crippen LogP contribution in [0.25, 0.3) is 10.9 Å². The number of ether oxygens (including phenoxy) is 1. The average Bonchev–Trinajstić information content (AvgIpc) is 2.79. The minimum atomic E-state index is -0.735. The Morgan fingerprint density at radius 3 is 2.89 bits per heavy atom. The van der Waals surface area contributed by atoms with E-state index in [9.17, 15) is 9.90 Å². The van der Waals surface area contributed by atoms with Crippen molar-refractivity contribution in [3.63, 3.8) is 0 Å². The molecule has 0 aliphatic carbocycles. The van der Waals surface area contributed by atoms with Crippen LogP contribution in [0.3, 0.4) is 0 Å². The second-order valence-corrected chi connectivity index (χ2v) is 4.79. The van der Waals surface area contributed by atoms with Gasteiger partial charge in [-0.2, -0.15) is 0 Å². The van der Waals surface area contributed by atoms with E-state index in [1.165, 1.54) is 0 Å². The minimum absolute atomic E-state index is 0.213. The van der Waals surface area contributed by atoms with Crippen LogP contribution in [0.1, 0.15) is 18.1 Å². The largest absolute Gasteiger partial charge is 0.394 e. The van der Waals surface area contributed by atoms with E-state index < -0.39 is 18.3 Å². The fourth-order valence-corrected chi connectivity index (χ4v) is 2.50. The number of nitrogens with one attached hydrogen (secondary N) is 1. The maximum atomic E-state index is 12.0. The molecule has 0 amide bonds. The summed E-state index contributed by atoms with van der Waals surface area (Å²) in [6.07, 6.45) is -1.50. The van der Waals surface area contributed by atoms with Crippen molar-refractivity contribution in [2.75, 3.05) is 6.61 Å². The van der Waals surface area contributed by atoms with Crippen LogP contribution >= 0.6 is 0 Å². The van der Waals surface area contributed by atoms with Crippen LogP contribution in [0, 0.1) is 0 Å². The molecule has 0 unspecified atom stereocenters. The zero-order valence-corrected chi connectivity index (χ0v) is 10.2. The summed E-state index contributed by atoms with van der Waals surface area (Å²) in [5.41, 5.74) is 1.05. The number of pyridine rings is 1. The summed E-state index contributed by atoms with van der Waals surface area (Å²) < 4.78 is 5.52. The lowest BCUT2D eigenvalue weighted by Crippen LogP contribution is -2.24. The van der Waals surface area contributed by atoms with Crippen LogP contribution in [-0.2, 0) is 4.74 Å². The average molecular weight is 261 g/mol. The van der Waals surface area contributed by atoms with Crippen molar-refractivity contribution in [3.05, 3.63) is 46.2 Å². The Balaban J connectivity index is 2.01. The van der Waals surface area contributed by atoms with Crippen LogP contribution in [0.4, 0.5) is 0 Å². The van der Waals surface area contributed by atoms with Crippen molar-refractivity contribution in [2.24, 2.45) is 0 Å². The lowest BCUT2D eigenvalue weighted by atomic mass is 10.0. The number of para-hydroxylation sites is 1. The summed E-state index contributed by atoms with van der Waals surface area (Å²) in [6, 6.07) is 9.28. The Hall–Kier alpha value is -1.69. The number of hydrogen-bond donors (Lipinski definition) is 3. The summed E-state index contributed by atoms with van der Waals surface area (Å²) in [4.78, 5) is 14.8. The normalized spacial score (nSPS) is 26.9. The van der Waals surface area contributed by atoms with Crippen molar-refractivity contribution in [2.45, 2.75) is 24.7 Å². The molecule has 0 saturated carbocycles. The number of hydrogen-bond acceptors (Lipinski definition) is 4. The van der Waals surface area contributed by atoms with Gasteiger partial charge in [0.05, 0.1) is 18.8 Å². The van der Waals surface area contributed by atoms with Gasteiger partial charge in [-0.05, 0) is 17.5 Å². The molecule has 0 radical (unpaired) electrons. The number of aliphatic hydroxyl groups excluding tert-OH is 2. The topological polar surface area (TPSA) is 82.6 Å². The highest BCUT2D eigenvalue weighted by Gasteiger charge is 2.35. The van der Waals surface area contributed by atoms with Crippen LogP contribution < -0.4 is 5.56 Å². The zero-order valence-electron chi connectivity index (χ0n) is 10.2. The Labute approximate surface area is 109 Å². The monoisotopic (exact) mass is 261 g/mol. The Bertz CT molecular complexity index is 651. The highest BCUT2D eigenvalue weighted by molar-refractivity contribution is 5.78. The molecule has 1 aromatic heterocycles. The van der Waals surface area contributed by atoms with E-state index in [-0.39, 0.29) is 12.2 Å².